The molecule has 0 aliphatic carbocycles. The first-order chi connectivity index (χ1) is 9.49. The number of thioether (sulfide) groups is 1. The molecule has 5 nitrogen and oxygen atoms in total. The average molecular weight is 296 g/mol. The van der Waals surface area contributed by atoms with Gasteiger partial charge in [-0.05, 0) is 44.1 Å². The highest BCUT2D eigenvalue weighted by Gasteiger charge is 2.19. The van der Waals surface area contributed by atoms with Gasteiger partial charge in [0, 0.05) is 23.5 Å². The van der Waals surface area contributed by atoms with Crippen LogP contribution in [0.1, 0.15) is 29.8 Å². The van der Waals surface area contributed by atoms with Crippen LogP contribution in [0, 0.1) is 19.8 Å². The van der Waals surface area contributed by atoms with E-state index in [1.807, 2.05) is 18.7 Å². The Labute approximate surface area is 122 Å². The van der Waals surface area contributed by atoms with Crippen LogP contribution in [-0.2, 0) is 17.8 Å². The number of aromatic nitrogens is 2. The molecule has 0 aromatic carbocycles. The second-order valence-electron chi connectivity index (χ2n) is 5.28. The summed E-state index contributed by atoms with van der Waals surface area (Å²) < 4.78 is 1.66. The average Bonchev–Trinajstić information content (AvgIpc) is 2.40. The van der Waals surface area contributed by atoms with Gasteiger partial charge in [-0.3, -0.25) is 9.36 Å². The van der Waals surface area contributed by atoms with Crippen molar-refractivity contribution in [3.05, 3.63) is 27.4 Å². The second-order valence-corrected chi connectivity index (χ2v) is 6.51. The highest BCUT2D eigenvalue weighted by atomic mass is 32.2. The summed E-state index contributed by atoms with van der Waals surface area (Å²) in [5.41, 5.74) is 1.70. The van der Waals surface area contributed by atoms with Crippen molar-refractivity contribution in [2.45, 2.75) is 39.7 Å². The van der Waals surface area contributed by atoms with Gasteiger partial charge < -0.3 is 5.11 Å². The minimum absolute atomic E-state index is 0.0779. The summed E-state index contributed by atoms with van der Waals surface area (Å²) in [7, 11) is 0. The maximum absolute atomic E-state index is 12.1. The lowest BCUT2D eigenvalue weighted by atomic mass is 10.0. The van der Waals surface area contributed by atoms with Crippen LogP contribution in [0.15, 0.2) is 4.79 Å². The molecule has 6 heteroatoms. The van der Waals surface area contributed by atoms with Crippen molar-refractivity contribution in [3.63, 3.8) is 0 Å². The zero-order valence-electron chi connectivity index (χ0n) is 11.9. The molecule has 0 spiro atoms. The Morgan fingerprint density at radius 2 is 2.05 bits per heavy atom. The van der Waals surface area contributed by atoms with Gasteiger partial charge in [0.05, 0.1) is 6.42 Å². The quantitative estimate of drug-likeness (QED) is 0.914. The van der Waals surface area contributed by atoms with Crippen molar-refractivity contribution in [2.24, 2.45) is 5.92 Å². The fourth-order valence-electron chi connectivity index (χ4n) is 2.65. The number of hydrogen-bond acceptors (Lipinski definition) is 4. The smallest absolute Gasteiger partial charge is 0.347 e. The predicted molar refractivity (Wildman–Crippen MR) is 79.4 cm³/mol. The van der Waals surface area contributed by atoms with Gasteiger partial charge in [-0.1, -0.05) is 0 Å². The topological polar surface area (TPSA) is 72.2 Å². The Morgan fingerprint density at radius 3 is 2.65 bits per heavy atom. The monoisotopic (exact) mass is 296 g/mol. The zero-order chi connectivity index (χ0) is 14.7. The normalized spacial score (nSPS) is 16.3. The molecule has 1 aromatic heterocycles. The summed E-state index contributed by atoms with van der Waals surface area (Å²) in [6, 6.07) is 0. The van der Waals surface area contributed by atoms with Crippen molar-refractivity contribution in [1.82, 2.24) is 9.55 Å². The molecule has 20 heavy (non-hydrogen) atoms. The summed E-state index contributed by atoms with van der Waals surface area (Å²) in [4.78, 5) is 27.0. The lowest BCUT2D eigenvalue weighted by Crippen LogP contribution is -2.31. The Balaban J connectivity index is 2.31. The van der Waals surface area contributed by atoms with Crippen LogP contribution < -0.4 is 5.69 Å². The standard InChI is InChI=1S/C14H20N2O3S/c1-9-12(7-13(17)18)10(2)16(14(19)15-9)8-11-3-5-20-6-4-11/h11H,3-8H2,1-2H3,(H,17,18). The van der Waals surface area contributed by atoms with Gasteiger partial charge >= 0.3 is 11.7 Å². The van der Waals surface area contributed by atoms with E-state index in [-0.39, 0.29) is 12.1 Å². The van der Waals surface area contributed by atoms with Crippen molar-refractivity contribution < 1.29 is 9.90 Å². The van der Waals surface area contributed by atoms with Gasteiger partial charge in [0.1, 0.15) is 0 Å². The van der Waals surface area contributed by atoms with Crippen molar-refractivity contribution in [1.29, 1.82) is 0 Å². The SMILES string of the molecule is Cc1nc(=O)n(CC2CCSCC2)c(C)c1CC(=O)O. The molecule has 1 aromatic rings. The molecule has 0 saturated carbocycles. The van der Waals surface area contributed by atoms with Gasteiger partial charge in [-0.25, -0.2) is 4.79 Å². The summed E-state index contributed by atoms with van der Waals surface area (Å²) >= 11 is 1.95. The third-order valence-electron chi connectivity index (χ3n) is 3.88. The van der Waals surface area contributed by atoms with Crippen LogP contribution in [-0.4, -0.2) is 32.1 Å². The second kappa shape index (κ2) is 6.43. The highest BCUT2D eigenvalue weighted by Crippen LogP contribution is 2.24. The van der Waals surface area contributed by atoms with Crippen LogP contribution in [0.3, 0.4) is 0 Å². The number of carbonyl (C=O) groups is 1. The lowest BCUT2D eigenvalue weighted by molar-refractivity contribution is -0.136. The van der Waals surface area contributed by atoms with E-state index in [2.05, 4.69) is 4.98 Å². The van der Waals surface area contributed by atoms with E-state index < -0.39 is 5.97 Å². The molecule has 0 amide bonds. The van der Waals surface area contributed by atoms with Crippen molar-refractivity contribution >= 4 is 17.7 Å². The number of aryl methyl sites for hydroxylation is 1. The maximum atomic E-state index is 12.1. The van der Waals surface area contributed by atoms with E-state index in [1.165, 1.54) is 0 Å². The number of carboxylic acid groups (broad SMARTS) is 1. The molecule has 2 heterocycles. The molecule has 0 unspecified atom stereocenters. The number of carboxylic acids is 1. The summed E-state index contributed by atoms with van der Waals surface area (Å²) in [6.07, 6.45) is 2.14. The van der Waals surface area contributed by atoms with E-state index >= 15 is 0 Å². The lowest BCUT2D eigenvalue weighted by Gasteiger charge is -2.24. The predicted octanol–water partition coefficient (Wildman–Crippen LogP) is 1.63. The Morgan fingerprint density at radius 1 is 1.40 bits per heavy atom. The molecule has 110 valence electrons. The van der Waals surface area contributed by atoms with Crippen LogP contribution in [0.5, 0.6) is 0 Å². The summed E-state index contributed by atoms with van der Waals surface area (Å²) in [5.74, 6) is 1.88. The number of hydrogen-bond donors (Lipinski definition) is 1. The van der Waals surface area contributed by atoms with Crippen LogP contribution >= 0.6 is 11.8 Å². The molecular weight excluding hydrogens is 276 g/mol. The van der Waals surface area contributed by atoms with Crippen LogP contribution in [0.4, 0.5) is 0 Å². The summed E-state index contributed by atoms with van der Waals surface area (Å²) in [6.45, 7) is 4.19. The van der Waals surface area contributed by atoms with Crippen molar-refractivity contribution in [3.8, 4) is 0 Å². The maximum Gasteiger partial charge on any atom is 0.347 e. The molecule has 0 radical (unpaired) electrons. The van der Waals surface area contributed by atoms with E-state index in [9.17, 15) is 9.59 Å². The van der Waals surface area contributed by atoms with Gasteiger partial charge in [0.15, 0.2) is 0 Å². The molecule has 1 N–H and O–H groups in total. The molecular formula is C14H20N2O3S. The molecule has 1 fully saturated rings. The largest absolute Gasteiger partial charge is 0.481 e. The third kappa shape index (κ3) is 3.42. The van der Waals surface area contributed by atoms with Crippen LogP contribution in [0.25, 0.3) is 0 Å². The van der Waals surface area contributed by atoms with E-state index in [0.717, 1.165) is 30.0 Å². The first kappa shape index (κ1) is 15.1. The fraction of sp³-hybridized carbons (Fsp3) is 0.643. The van der Waals surface area contributed by atoms with Crippen molar-refractivity contribution in [2.75, 3.05) is 11.5 Å². The molecule has 0 atom stereocenters. The minimum atomic E-state index is -0.891. The molecule has 1 saturated heterocycles. The number of nitrogens with zero attached hydrogens (tertiary/aromatic N) is 2. The Hall–Kier alpha value is -1.30. The first-order valence-electron chi connectivity index (χ1n) is 6.85. The third-order valence-corrected chi connectivity index (χ3v) is 4.93. The molecule has 2 rings (SSSR count). The van der Waals surface area contributed by atoms with E-state index in [0.29, 0.717) is 23.7 Å². The van der Waals surface area contributed by atoms with Gasteiger partial charge in [-0.15, -0.1) is 0 Å². The molecule has 1 aliphatic rings. The van der Waals surface area contributed by atoms with Crippen LogP contribution in [0.2, 0.25) is 0 Å². The summed E-state index contributed by atoms with van der Waals surface area (Å²) in [5, 5.41) is 8.98. The van der Waals surface area contributed by atoms with E-state index in [4.69, 9.17) is 5.11 Å². The number of rotatable bonds is 4. The molecule has 1 aliphatic heterocycles. The van der Waals surface area contributed by atoms with Gasteiger partial charge in [0.25, 0.3) is 0 Å². The number of aliphatic carboxylic acids is 1. The van der Waals surface area contributed by atoms with Gasteiger partial charge in [0.2, 0.25) is 0 Å². The fourth-order valence-corrected chi connectivity index (χ4v) is 3.85. The van der Waals surface area contributed by atoms with E-state index in [1.54, 1.807) is 11.5 Å². The highest BCUT2D eigenvalue weighted by molar-refractivity contribution is 7.99. The first-order valence-corrected chi connectivity index (χ1v) is 8.01. The Bertz CT molecular complexity index is 562. The minimum Gasteiger partial charge on any atom is -0.481 e. The Kier molecular flexibility index (Phi) is 4.86. The zero-order valence-corrected chi connectivity index (χ0v) is 12.7. The molecule has 0 bridgehead atoms. The van der Waals surface area contributed by atoms with Gasteiger partial charge in [-0.2, -0.15) is 16.7 Å².